The fraction of sp³-hybridized carbons (Fsp3) is 0.368. The molecular weight excluding hydrogens is 727 g/mol. The Balaban J connectivity index is 1.21. The highest BCUT2D eigenvalue weighted by Crippen LogP contribution is 2.40. The van der Waals surface area contributed by atoms with Crippen molar-refractivity contribution in [3.8, 4) is 28.1 Å². The predicted octanol–water partition coefficient (Wildman–Crippen LogP) is 15.4. The van der Waals surface area contributed by atoms with Gasteiger partial charge >= 0.3 is 0 Å². The molecule has 8 rings (SSSR count). The summed E-state index contributed by atoms with van der Waals surface area (Å²) in [7, 11) is 0. The monoisotopic (exact) mass is 792 g/mol. The number of rotatable bonds is 7. The molecule has 1 aliphatic rings. The highest BCUT2D eigenvalue weighted by molar-refractivity contribution is 6.07. The van der Waals surface area contributed by atoms with E-state index in [0.29, 0.717) is 0 Å². The zero-order chi connectivity index (χ0) is 42.8. The first-order valence-corrected chi connectivity index (χ1v) is 22.1. The average Bonchev–Trinajstić information content (AvgIpc) is 3.36. The minimum atomic E-state index is 0.154. The molecule has 0 saturated carbocycles. The zero-order valence-corrected chi connectivity index (χ0v) is 38.3. The molecule has 0 N–H and O–H groups in total. The molecule has 308 valence electrons. The second kappa shape index (κ2) is 15.3. The van der Waals surface area contributed by atoms with Crippen LogP contribution in [0.4, 0.5) is 0 Å². The van der Waals surface area contributed by atoms with Crippen LogP contribution in [0.5, 0.6) is 0 Å². The predicted molar refractivity (Wildman–Crippen MR) is 258 cm³/mol. The maximum atomic E-state index is 5.41. The van der Waals surface area contributed by atoms with Gasteiger partial charge < -0.3 is 4.57 Å². The van der Waals surface area contributed by atoms with E-state index in [9.17, 15) is 0 Å². The maximum absolute atomic E-state index is 5.41. The van der Waals surface area contributed by atoms with E-state index in [0.717, 1.165) is 65.9 Å². The second-order valence-electron chi connectivity index (χ2n) is 22.5. The van der Waals surface area contributed by atoms with Crippen molar-refractivity contribution in [3.63, 3.8) is 0 Å². The Bertz CT molecular complexity index is 2690. The number of benzene rings is 4. The van der Waals surface area contributed by atoms with Crippen LogP contribution in [0, 0.1) is 21.7 Å². The number of allylic oxidation sites excluding steroid dienone is 1. The number of aromatic nitrogens is 3. The maximum Gasteiger partial charge on any atom is 0.0966 e. The Labute approximate surface area is 360 Å². The quantitative estimate of drug-likeness (QED) is 0.161. The third kappa shape index (κ3) is 9.36. The van der Waals surface area contributed by atoms with E-state index >= 15 is 0 Å². The first-order chi connectivity index (χ1) is 28.1. The molecule has 3 aromatic heterocycles. The molecule has 1 aliphatic carbocycles. The van der Waals surface area contributed by atoms with Gasteiger partial charge in [0.25, 0.3) is 0 Å². The fourth-order valence-electron chi connectivity index (χ4n) is 9.17. The third-order valence-corrected chi connectivity index (χ3v) is 11.4. The van der Waals surface area contributed by atoms with Crippen LogP contribution in [0.25, 0.3) is 61.7 Å². The van der Waals surface area contributed by atoms with Crippen molar-refractivity contribution in [2.45, 2.75) is 115 Å². The van der Waals surface area contributed by atoms with Gasteiger partial charge in [0.05, 0.1) is 22.2 Å². The van der Waals surface area contributed by atoms with E-state index in [4.69, 9.17) is 9.97 Å². The Hall–Kier alpha value is -5.28. The summed E-state index contributed by atoms with van der Waals surface area (Å²) in [5.74, 6) is 0. The van der Waals surface area contributed by atoms with Crippen LogP contribution in [-0.4, -0.2) is 14.5 Å². The largest absolute Gasteiger partial charge is 0.308 e. The standard InChI is InChI=1S/C57H65N3/c1-54(2,3)33-37-19-21-42-30-44(31-43-22-23-45(35-56(7,8)9)58-52(43)48(42)27-37)40-16-13-15-39(29-40)41-17-14-18-47(32-41)60-50-25-20-38(34-55(4,5)6)28-49(50)53-51(60)26-24-46(59-53)36-57(10,11)12/h13-30,32H,31,33-36H2,1-12H3. The molecule has 0 aliphatic heterocycles. The summed E-state index contributed by atoms with van der Waals surface area (Å²) in [6.07, 6.45) is 7.17. The molecule has 0 spiro atoms. The first kappa shape index (κ1) is 41.5. The van der Waals surface area contributed by atoms with Gasteiger partial charge in [0.15, 0.2) is 0 Å². The van der Waals surface area contributed by atoms with Crippen molar-refractivity contribution in [1.82, 2.24) is 14.5 Å². The van der Waals surface area contributed by atoms with Crippen LogP contribution in [0.15, 0.2) is 109 Å². The van der Waals surface area contributed by atoms with Crippen molar-refractivity contribution in [3.05, 3.63) is 148 Å². The van der Waals surface area contributed by atoms with Crippen LogP contribution >= 0.6 is 0 Å². The summed E-state index contributed by atoms with van der Waals surface area (Å²) < 4.78 is 2.42. The number of hydrogen-bond donors (Lipinski definition) is 0. The van der Waals surface area contributed by atoms with Crippen molar-refractivity contribution < 1.29 is 0 Å². The van der Waals surface area contributed by atoms with Gasteiger partial charge in [-0.2, -0.15) is 0 Å². The van der Waals surface area contributed by atoms with Gasteiger partial charge in [-0.3, -0.25) is 9.97 Å². The normalized spacial score (nSPS) is 13.6. The molecule has 3 nitrogen and oxygen atoms in total. The third-order valence-electron chi connectivity index (χ3n) is 11.4. The lowest BCUT2D eigenvalue weighted by Gasteiger charge is -2.20. The highest BCUT2D eigenvalue weighted by atomic mass is 15.0. The van der Waals surface area contributed by atoms with Gasteiger partial charge in [-0.1, -0.05) is 144 Å². The van der Waals surface area contributed by atoms with Gasteiger partial charge in [0.1, 0.15) is 0 Å². The molecule has 4 aromatic carbocycles. The van der Waals surface area contributed by atoms with E-state index in [-0.39, 0.29) is 21.7 Å². The van der Waals surface area contributed by atoms with E-state index in [1.807, 2.05) is 0 Å². The SMILES string of the molecule is CC(C)(C)Cc1ccc2c(c1)-c1nc(CC(C)(C)C)ccc1CC(c1cccc(-c3cccc(-n4c5ccc(CC(C)(C)C)cc5c5nc(CC(C)(C)C)ccc54)c3)c1)=C2. The number of fused-ring (bicyclic) bond motifs is 6. The van der Waals surface area contributed by atoms with Crippen molar-refractivity contribution in [2.75, 3.05) is 0 Å². The lowest BCUT2D eigenvalue weighted by molar-refractivity contribution is 0.406. The van der Waals surface area contributed by atoms with E-state index in [1.54, 1.807) is 0 Å². The van der Waals surface area contributed by atoms with Crippen LogP contribution in [0.3, 0.4) is 0 Å². The molecule has 0 unspecified atom stereocenters. The summed E-state index contributed by atoms with van der Waals surface area (Å²) >= 11 is 0. The van der Waals surface area contributed by atoms with Gasteiger partial charge in [0, 0.05) is 34.4 Å². The van der Waals surface area contributed by atoms with Crippen LogP contribution in [0.2, 0.25) is 0 Å². The van der Waals surface area contributed by atoms with Crippen molar-refractivity contribution in [2.24, 2.45) is 21.7 Å². The molecule has 0 saturated heterocycles. The lowest BCUT2D eigenvalue weighted by atomic mass is 9.86. The molecule has 7 aromatic rings. The van der Waals surface area contributed by atoms with Gasteiger partial charge in [-0.25, -0.2) is 0 Å². The summed E-state index contributed by atoms with van der Waals surface area (Å²) in [5.41, 5.74) is 20.2. The van der Waals surface area contributed by atoms with Crippen LogP contribution < -0.4 is 0 Å². The molecule has 60 heavy (non-hydrogen) atoms. The summed E-state index contributed by atoms with van der Waals surface area (Å²) in [4.78, 5) is 10.8. The highest BCUT2D eigenvalue weighted by Gasteiger charge is 2.23. The minimum Gasteiger partial charge on any atom is -0.308 e. The first-order valence-electron chi connectivity index (χ1n) is 22.1. The summed E-state index contributed by atoms with van der Waals surface area (Å²) in [5, 5.41) is 1.22. The van der Waals surface area contributed by atoms with Crippen molar-refractivity contribution >= 4 is 33.6 Å². The molecule has 3 heterocycles. The Morgan fingerprint density at radius 3 is 1.75 bits per heavy atom. The minimum absolute atomic E-state index is 0.154. The van der Waals surface area contributed by atoms with E-state index in [2.05, 4.69) is 203 Å². The number of hydrogen-bond acceptors (Lipinski definition) is 2. The molecule has 0 atom stereocenters. The average molecular weight is 792 g/mol. The fourth-order valence-corrected chi connectivity index (χ4v) is 9.17. The molecule has 0 fully saturated rings. The second-order valence-corrected chi connectivity index (χ2v) is 22.5. The molecule has 0 amide bonds. The van der Waals surface area contributed by atoms with Crippen molar-refractivity contribution in [1.29, 1.82) is 0 Å². The zero-order valence-electron chi connectivity index (χ0n) is 38.3. The van der Waals surface area contributed by atoms with Gasteiger partial charge in [-0.15, -0.1) is 0 Å². The molecule has 3 heteroatoms. The summed E-state index contributed by atoms with van der Waals surface area (Å²) in [6.45, 7) is 27.7. The van der Waals surface area contributed by atoms with Gasteiger partial charge in [-0.05, 0) is 146 Å². The summed E-state index contributed by atoms with van der Waals surface area (Å²) in [6, 6.07) is 41.4. The Morgan fingerprint density at radius 2 is 1.07 bits per heavy atom. The molecular formula is C57H65N3. The Kier molecular flexibility index (Phi) is 10.6. The number of nitrogens with zero attached hydrogens (tertiary/aromatic N) is 3. The topological polar surface area (TPSA) is 30.7 Å². The van der Waals surface area contributed by atoms with E-state index < -0.39 is 0 Å². The number of pyridine rings is 2. The smallest absolute Gasteiger partial charge is 0.0966 e. The van der Waals surface area contributed by atoms with Crippen LogP contribution in [0.1, 0.15) is 122 Å². The molecule has 0 radical (unpaired) electrons. The van der Waals surface area contributed by atoms with E-state index in [1.165, 1.54) is 61.0 Å². The lowest BCUT2D eigenvalue weighted by Crippen LogP contribution is -2.11. The molecule has 0 bridgehead atoms. The van der Waals surface area contributed by atoms with Gasteiger partial charge in [0.2, 0.25) is 0 Å². The Morgan fingerprint density at radius 1 is 0.500 bits per heavy atom. The van der Waals surface area contributed by atoms with Crippen LogP contribution in [-0.2, 0) is 32.1 Å².